The zero-order chi connectivity index (χ0) is 27.6. The van der Waals surface area contributed by atoms with Crippen LogP contribution in [0.3, 0.4) is 0 Å². The van der Waals surface area contributed by atoms with Gasteiger partial charge in [-0.15, -0.1) is 0 Å². The molecule has 2 aromatic rings. The predicted molar refractivity (Wildman–Crippen MR) is 156 cm³/mol. The maximum atomic E-state index is 10.5. The van der Waals surface area contributed by atoms with Gasteiger partial charge in [0.25, 0.3) is 0 Å². The summed E-state index contributed by atoms with van der Waals surface area (Å²) in [4.78, 5) is 0. The van der Waals surface area contributed by atoms with Crippen molar-refractivity contribution in [3.63, 3.8) is 0 Å². The lowest BCUT2D eigenvalue weighted by Gasteiger charge is -2.34. The second kappa shape index (κ2) is 13.8. The highest BCUT2D eigenvalue weighted by Crippen LogP contribution is 2.41. The summed E-state index contributed by atoms with van der Waals surface area (Å²) in [6, 6.07) is 13.6. The van der Waals surface area contributed by atoms with E-state index < -0.39 is 0 Å². The van der Waals surface area contributed by atoms with Crippen LogP contribution in [-0.2, 0) is 11.8 Å². The molecule has 6 nitrogen and oxygen atoms in total. The van der Waals surface area contributed by atoms with E-state index >= 15 is 0 Å². The number of ether oxygens (including phenoxy) is 1. The number of aliphatic hydroxyl groups excluding tert-OH is 1. The van der Waals surface area contributed by atoms with Crippen molar-refractivity contribution in [3.8, 4) is 5.75 Å². The van der Waals surface area contributed by atoms with Gasteiger partial charge in [0.15, 0.2) is 0 Å². The van der Waals surface area contributed by atoms with Crippen LogP contribution in [-0.4, -0.2) is 23.7 Å². The maximum absolute atomic E-state index is 10.5. The summed E-state index contributed by atoms with van der Waals surface area (Å²) in [5.74, 6) is 12.2. The van der Waals surface area contributed by atoms with Gasteiger partial charge in [0.1, 0.15) is 11.6 Å². The molecule has 37 heavy (non-hydrogen) atoms. The minimum Gasteiger partial charge on any atom is -0.493 e. The molecule has 6 N–H and O–H groups in total. The Labute approximate surface area is 224 Å². The summed E-state index contributed by atoms with van der Waals surface area (Å²) in [5.41, 5.74) is 8.83. The molecule has 206 valence electrons. The Balaban J connectivity index is 2.16. The van der Waals surface area contributed by atoms with Crippen molar-refractivity contribution in [2.45, 2.75) is 105 Å². The molecule has 0 aliphatic heterocycles. The molecule has 0 fully saturated rings. The third-order valence-electron chi connectivity index (χ3n) is 7.90. The summed E-state index contributed by atoms with van der Waals surface area (Å²) >= 11 is 0. The van der Waals surface area contributed by atoms with Gasteiger partial charge < -0.3 is 21.1 Å². The molecule has 0 aromatic heterocycles. The molecule has 0 amide bonds. The highest BCUT2D eigenvalue weighted by atomic mass is 16.5. The van der Waals surface area contributed by atoms with Crippen LogP contribution in [0.2, 0.25) is 0 Å². The van der Waals surface area contributed by atoms with E-state index in [1.54, 1.807) is 0 Å². The van der Waals surface area contributed by atoms with Crippen molar-refractivity contribution in [1.29, 1.82) is 0 Å². The Morgan fingerprint density at radius 3 is 2.14 bits per heavy atom. The zero-order valence-electron chi connectivity index (χ0n) is 24.2. The van der Waals surface area contributed by atoms with E-state index in [0.717, 1.165) is 49.8 Å². The van der Waals surface area contributed by atoms with Crippen LogP contribution in [0.1, 0.15) is 101 Å². The number of amidine groups is 1. The molecule has 2 rings (SSSR count). The van der Waals surface area contributed by atoms with E-state index in [-0.39, 0.29) is 16.9 Å². The number of aliphatic hydroxyl groups is 1. The first-order chi connectivity index (χ1) is 17.5. The molecule has 0 radical (unpaired) electrons. The molecular weight excluding hydrogens is 460 g/mol. The van der Waals surface area contributed by atoms with Crippen LogP contribution < -0.4 is 21.8 Å². The van der Waals surface area contributed by atoms with Crippen molar-refractivity contribution in [3.05, 3.63) is 64.2 Å². The van der Waals surface area contributed by atoms with E-state index in [2.05, 4.69) is 95.4 Å². The third kappa shape index (κ3) is 7.96. The number of rotatable bonds is 13. The normalized spacial score (nSPS) is 13.5. The molecule has 2 aromatic carbocycles. The Morgan fingerprint density at radius 2 is 1.62 bits per heavy atom. The fraction of sp³-hybridized carbons (Fsp3) is 0.581. The molecule has 6 heteroatoms. The molecule has 0 saturated heterocycles. The summed E-state index contributed by atoms with van der Waals surface area (Å²) in [7, 11) is 0. The van der Waals surface area contributed by atoms with Crippen LogP contribution in [0.4, 0.5) is 0 Å². The monoisotopic (exact) mass is 510 g/mol. The van der Waals surface area contributed by atoms with E-state index in [0.29, 0.717) is 18.9 Å². The predicted octanol–water partition coefficient (Wildman–Crippen LogP) is 6.03. The van der Waals surface area contributed by atoms with Gasteiger partial charge in [-0.1, -0.05) is 65.0 Å². The Hall–Kier alpha value is -2.57. The summed E-state index contributed by atoms with van der Waals surface area (Å²) in [5, 5.41) is 14.1. The van der Waals surface area contributed by atoms with Gasteiger partial charge in [-0.3, -0.25) is 0 Å². The smallest absolute Gasteiger partial charge is 0.135 e. The third-order valence-corrected chi connectivity index (χ3v) is 7.90. The van der Waals surface area contributed by atoms with Crippen molar-refractivity contribution in [1.82, 2.24) is 5.43 Å². The zero-order valence-corrected chi connectivity index (χ0v) is 24.2. The lowest BCUT2D eigenvalue weighted by Crippen LogP contribution is -2.31. The molecule has 1 atom stereocenters. The number of aryl methyl sites for hydroxylation is 3. The van der Waals surface area contributed by atoms with Crippen LogP contribution in [0.15, 0.2) is 41.5 Å². The number of nitrogens with one attached hydrogen (secondary N) is 1. The van der Waals surface area contributed by atoms with Crippen molar-refractivity contribution in [2.75, 3.05) is 6.61 Å². The van der Waals surface area contributed by atoms with Gasteiger partial charge in [0.2, 0.25) is 0 Å². The topological polar surface area (TPSA) is 106 Å². The first-order valence-electron chi connectivity index (χ1n) is 13.8. The van der Waals surface area contributed by atoms with E-state index in [4.69, 9.17) is 16.4 Å². The van der Waals surface area contributed by atoms with Crippen LogP contribution in [0, 0.1) is 19.3 Å². The standard InChI is InChI=1S/C31H50N4O2/c1-8-31(9-2,25-15-13-24(22(3)20-25)14-18-28(36)30(5,6)7)26-16-17-27(23(4)21-26)37-19-11-10-12-29(34-32)35-33/h13,15-17,20-21,28,36H,8-12,14,18-19,32-33H2,1-7H3,(H,34,35). The van der Waals surface area contributed by atoms with E-state index in [1.165, 1.54) is 22.3 Å². The SMILES string of the molecule is CCC(CC)(c1ccc(CCC(O)C(C)(C)C)c(C)c1)c1ccc(OCCCC/C(=N/N)NN)c(C)c1. The van der Waals surface area contributed by atoms with Gasteiger partial charge in [-0.05, 0) is 91.7 Å². The molecule has 0 bridgehead atoms. The van der Waals surface area contributed by atoms with Crippen LogP contribution >= 0.6 is 0 Å². The lowest BCUT2D eigenvalue weighted by molar-refractivity contribution is 0.0560. The number of benzene rings is 2. The average Bonchev–Trinajstić information content (AvgIpc) is 2.87. The van der Waals surface area contributed by atoms with Gasteiger partial charge in [0.05, 0.1) is 12.7 Å². The highest BCUT2D eigenvalue weighted by molar-refractivity contribution is 5.81. The summed E-state index contributed by atoms with van der Waals surface area (Å²) < 4.78 is 6.09. The van der Waals surface area contributed by atoms with Crippen molar-refractivity contribution < 1.29 is 9.84 Å². The summed E-state index contributed by atoms with van der Waals surface area (Å²) in [6.45, 7) is 15.8. The molecule has 0 aliphatic carbocycles. The number of nitrogens with two attached hydrogens (primary N) is 2. The molecule has 0 spiro atoms. The number of hydrogen-bond acceptors (Lipinski definition) is 5. The Morgan fingerprint density at radius 1 is 1.00 bits per heavy atom. The highest BCUT2D eigenvalue weighted by Gasteiger charge is 2.31. The van der Waals surface area contributed by atoms with Crippen molar-refractivity contribution in [2.24, 2.45) is 22.2 Å². The molecule has 0 heterocycles. The average molecular weight is 511 g/mol. The van der Waals surface area contributed by atoms with Gasteiger partial charge in [-0.2, -0.15) is 5.10 Å². The minimum atomic E-state index is -0.305. The van der Waals surface area contributed by atoms with E-state index in [9.17, 15) is 5.11 Å². The van der Waals surface area contributed by atoms with Crippen LogP contribution in [0.25, 0.3) is 0 Å². The van der Waals surface area contributed by atoms with Gasteiger partial charge in [-0.25, -0.2) is 5.84 Å². The Kier molecular flexibility index (Phi) is 11.5. The van der Waals surface area contributed by atoms with Crippen LogP contribution in [0.5, 0.6) is 5.75 Å². The van der Waals surface area contributed by atoms with Crippen molar-refractivity contribution >= 4 is 5.84 Å². The fourth-order valence-electron chi connectivity index (χ4n) is 5.09. The molecule has 0 aliphatic rings. The van der Waals surface area contributed by atoms with E-state index in [1.807, 2.05) is 0 Å². The molecule has 1 unspecified atom stereocenters. The first-order valence-corrected chi connectivity index (χ1v) is 13.8. The maximum Gasteiger partial charge on any atom is 0.135 e. The first kappa shape index (κ1) is 30.7. The van der Waals surface area contributed by atoms with Gasteiger partial charge in [0, 0.05) is 11.8 Å². The molecule has 0 saturated carbocycles. The second-order valence-electron chi connectivity index (χ2n) is 11.4. The number of nitrogens with zero attached hydrogens (tertiary/aromatic N) is 1. The number of hydrazone groups is 1. The largest absolute Gasteiger partial charge is 0.493 e. The number of unbranched alkanes of at least 4 members (excludes halogenated alkanes) is 1. The Bertz CT molecular complexity index is 1020. The molecular formula is C31H50N4O2. The fourth-order valence-corrected chi connectivity index (χ4v) is 5.09. The minimum absolute atomic E-state index is 0.0509. The number of hydrazine groups is 1. The summed E-state index contributed by atoms with van der Waals surface area (Å²) in [6.07, 6.45) is 5.91. The lowest BCUT2D eigenvalue weighted by atomic mass is 9.69. The van der Waals surface area contributed by atoms with Gasteiger partial charge >= 0.3 is 0 Å². The second-order valence-corrected chi connectivity index (χ2v) is 11.4. The number of hydrogen-bond donors (Lipinski definition) is 4. The quantitative estimate of drug-likeness (QED) is 0.0865.